The number of carbonyl (C=O) groups is 3. The predicted molar refractivity (Wildman–Crippen MR) is 94.2 cm³/mol. The van der Waals surface area contributed by atoms with Crippen molar-refractivity contribution in [3.63, 3.8) is 0 Å². The van der Waals surface area contributed by atoms with E-state index in [2.05, 4.69) is 5.32 Å². The molecule has 4 atom stereocenters. The van der Waals surface area contributed by atoms with Gasteiger partial charge in [-0.25, -0.2) is 0 Å². The van der Waals surface area contributed by atoms with E-state index in [1.807, 2.05) is 0 Å². The Kier molecular flexibility index (Phi) is 4.24. The number of fused-ring (bicyclic) bond motifs is 5. The summed E-state index contributed by atoms with van der Waals surface area (Å²) in [7, 11) is 0. The van der Waals surface area contributed by atoms with Gasteiger partial charge in [0.15, 0.2) is 0 Å². The lowest BCUT2D eigenvalue weighted by molar-refractivity contribution is -0.140. The zero-order valence-electron chi connectivity index (χ0n) is 13.5. The van der Waals surface area contributed by atoms with Crippen LogP contribution in [0.15, 0.2) is 18.2 Å². The van der Waals surface area contributed by atoms with E-state index in [1.165, 1.54) is 4.90 Å². The molecule has 5 nitrogen and oxygen atoms in total. The van der Waals surface area contributed by atoms with E-state index in [0.29, 0.717) is 27.6 Å². The SMILES string of the molecule is O=C(CCN1C(=O)[C@H]2[C@H]3CC[C@@H](C3)[C@@H]2C1=O)Nc1ccc(Cl)cc1Cl. The van der Waals surface area contributed by atoms with Gasteiger partial charge in [-0.2, -0.15) is 0 Å². The predicted octanol–water partition coefficient (Wildman–Crippen LogP) is 3.35. The van der Waals surface area contributed by atoms with E-state index in [0.717, 1.165) is 19.3 Å². The maximum Gasteiger partial charge on any atom is 0.233 e. The average molecular weight is 381 g/mol. The van der Waals surface area contributed by atoms with Crippen molar-refractivity contribution < 1.29 is 14.4 Å². The van der Waals surface area contributed by atoms with Crippen LogP contribution in [0.2, 0.25) is 10.0 Å². The quantitative estimate of drug-likeness (QED) is 0.814. The molecule has 4 rings (SSSR count). The number of rotatable bonds is 4. The van der Waals surface area contributed by atoms with Gasteiger partial charge in [0, 0.05) is 18.0 Å². The summed E-state index contributed by atoms with van der Waals surface area (Å²) in [5.41, 5.74) is 0.463. The zero-order valence-corrected chi connectivity index (χ0v) is 15.0. The lowest BCUT2D eigenvalue weighted by Gasteiger charge is -2.19. The summed E-state index contributed by atoms with van der Waals surface area (Å²) < 4.78 is 0. The van der Waals surface area contributed by atoms with Gasteiger partial charge < -0.3 is 5.32 Å². The van der Waals surface area contributed by atoms with Crippen molar-refractivity contribution in [3.05, 3.63) is 28.2 Å². The first-order chi connectivity index (χ1) is 12.0. The zero-order chi connectivity index (χ0) is 17.7. The number of hydrogen-bond acceptors (Lipinski definition) is 3. The second-order valence-electron chi connectivity index (χ2n) is 7.14. The molecule has 1 aromatic rings. The molecule has 3 fully saturated rings. The van der Waals surface area contributed by atoms with Gasteiger partial charge in [0.05, 0.1) is 22.5 Å². The van der Waals surface area contributed by atoms with E-state index in [1.54, 1.807) is 18.2 Å². The molecule has 0 spiro atoms. The van der Waals surface area contributed by atoms with Crippen molar-refractivity contribution in [2.75, 3.05) is 11.9 Å². The van der Waals surface area contributed by atoms with E-state index < -0.39 is 0 Å². The number of imide groups is 1. The largest absolute Gasteiger partial charge is 0.325 e. The normalized spacial score (nSPS) is 30.1. The third kappa shape index (κ3) is 2.83. The number of amides is 3. The van der Waals surface area contributed by atoms with Gasteiger partial charge in [0.2, 0.25) is 17.7 Å². The van der Waals surface area contributed by atoms with Crippen LogP contribution in [0.25, 0.3) is 0 Å². The third-order valence-electron chi connectivity index (χ3n) is 5.79. The van der Waals surface area contributed by atoms with Gasteiger partial charge in [-0.1, -0.05) is 23.2 Å². The van der Waals surface area contributed by atoms with E-state index in [4.69, 9.17) is 23.2 Å². The molecule has 1 heterocycles. The fraction of sp³-hybridized carbons (Fsp3) is 0.500. The number of nitrogens with one attached hydrogen (secondary N) is 1. The molecule has 25 heavy (non-hydrogen) atoms. The monoisotopic (exact) mass is 380 g/mol. The summed E-state index contributed by atoms with van der Waals surface area (Å²) in [5.74, 6) is -0.0137. The maximum absolute atomic E-state index is 12.6. The number of carbonyl (C=O) groups excluding carboxylic acids is 3. The molecule has 1 saturated heterocycles. The smallest absolute Gasteiger partial charge is 0.233 e. The van der Waals surface area contributed by atoms with Crippen LogP contribution in [0.4, 0.5) is 5.69 Å². The molecule has 0 aromatic heterocycles. The summed E-state index contributed by atoms with van der Waals surface area (Å²) in [6.45, 7) is 0.126. The molecular weight excluding hydrogens is 363 g/mol. The molecule has 132 valence electrons. The maximum atomic E-state index is 12.6. The molecule has 2 bridgehead atoms. The van der Waals surface area contributed by atoms with Crippen LogP contribution in [0, 0.1) is 23.7 Å². The Morgan fingerprint density at radius 1 is 1.12 bits per heavy atom. The minimum Gasteiger partial charge on any atom is -0.325 e. The lowest BCUT2D eigenvalue weighted by atomic mass is 9.81. The lowest BCUT2D eigenvalue weighted by Crippen LogP contribution is -2.35. The Morgan fingerprint density at radius 3 is 2.36 bits per heavy atom. The Bertz CT molecular complexity index is 739. The van der Waals surface area contributed by atoms with Gasteiger partial charge >= 0.3 is 0 Å². The van der Waals surface area contributed by atoms with Crippen molar-refractivity contribution in [2.45, 2.75) is 25.7 Å². The van der Waals surface area contributed by atoms with Gasteiger partial charge in [-0.3, -0.25) is 19.3 Å². The fourth-order valence-corrected chi connectivity index (χ4v) is 5.16. The Balaban J connectivity index is 1.37. The minimum absolute atomic E-state index is 0.0607. The van der Waals surface area contributed by atoms with Crippen molar-refractivity contribution in [3.8, 4) is 0 Å². The highest BCUT2D eigenvalue weighted by Crippen LogP contribution is 2.56. The number of nitrogens with zero attached hydrogens (tertiary/aromatic N) is 1. The van der Waals surface area contributed by atoms with Crippen LogP contribution < -0.4 is 5.32 Å². The van der Waals surface area contributed by atoms with Gasteiger partial charge in [-0.05, 0) is 49.3 Å². The molecule has 2 saturated carbocycles. The first-order valence-corrected chi connectivity index (χ1v) is 9.31. The van der Waals surface area contributed by atoms with E-state index in [9.17, 15) is 14.4 Å². The second kappa shape index (κ2) is 6.29. The molecule has 2 aliphatic carbocycles. The number of anilines is 1. The molecule has 3 aliphatic rings. The van der Waals surface area contributed by atoms with Crippen LogP contribution >= 0.6 is 23.2 Å². The number of halogens is 2. The summed E-state index contributed by atoms with van der Waals surface area (Å²) in [4.78, 5) is 38.6. The molecule has 0 unspecified atom stereocenters. The second-order valence-corrected chi connectivity index (χ2v) is 7.98. The molecule has 1 aliphatic heterocycles. The van der Waals surface area contributed by atoms with Crippen LogP contribution in [0.5, 0.6) is 0 Å². The Hall–Kier alpha value is -1.59. The van der Waals surface area contributed by atoms with Crippen molar-refractivity contribution in [2.24, 2.45) is 23.7 Å². The topological polar surface area (TPSA) is 66.5 Å². The molecular formula is C18H18Cl2N2O3. The fourth-order valence-electron chi connectivity index (χ4n) is 4.71. The van der Waals surface area contributed by atoms with Crippen molar-refractivity contribution in [1.29, 1.82) is 0 Å². The first kappa shape index (κ1) is 16.9. The molecule has 1 aromatic carbocycles. The van der Waals surface area contributed by atoms with Crippen LogP contribution in [-0.4, -0.2) is 29.2 Å². The van der Waals surface area contributed by atoms with E-state index >= 15 is 0 Å². The number of benzene rings is 1. The molecule has 1 N–H and O–H groups in total. The number of likely N-dealkylation sites (tertiary alicyclic amines) is 1. The molecule has 7 heteroatoms. The van der Waals surface area contributed by atoms with Crippen molar-refractivity contribution in [1.82, 2.24) is 4.90 Å². The first-order valence-electron chi connectivity index (χ1n) is 8.56. The average Bonchev–Trinajstić information content (AvgIpc) is 3.23. The Morgan fingerprint density at radius 2 is 1.76 bits per heavy atom. The summed E-state index contributed by atoms with van der Waals surface area (Å²) in [6, 6.07) is 4.80. The Labute approximate surface area is 155 Å². The number of hydrogen-bond donors (Lipinski definition) is 1. The highest BCUT2D eigenvalue weighted by molar-refractivity contribution is 6.36. The third-order valence-corrected chi connectivity index (χ3v) is 6.33. The van der Waals surface area contributed by atoms with Crippen LogP contribution in [0.1, 0.15) is 25.7 Å². The van der Waals surface area contributed by atoms with Crippen LogP contribution in [-0.2, 0) is 14.4 Å². The van der Waals surface area contributed by atoms with Gasteiger partial charge in [0.25, 0.3) is 0 Å². The highest BCUT2D eigenvalue weighted by atomic mass is 35.5. The van der Waals surface area contributed by atoms with E-state index in [-0.39, 0.29) is 42.5 Å². The summed E-state index contributed by atoms with van der Waals surface area (Å²) >= 11 is 11.9. The minimum atomic E-state index is -0.287. The van der Waals surface area contributed by atoms with Crippen molar-refractivity contribution >= 4 is 46.6 Å². The molecule has 3 amide bonds. The summed E-state index contributed by atoms with van der Waals surface area (Å²) in [5, 5.41) is 3.52. The highest BCUT2D eigenvalue weighted by Gasteiger charge is 2.60. The summed E-state index contributed by atoms with van der Waals surface area (Å²) in [6.07, 6.45) is 3.17. The standard InChI is InChI=1S/C18H18Cl2N2O3/c19-11-3-4-13(12(20)8-11)21-14(23)5-6-22-17(24)15-9-1-2-10(7-9)16(15)18(22)25/h3-4,8-10,15-16H,1-2,5-7H2,(H,21,23)/t9-,10-,15-,16-/m0/s1. The van der Waals surface area contributed by atoms with Gasteiger partial charge in [0.1, 0.15) is 0 Å². The molecule has 0 radical (unpaired) electrons. The van der Waals surface area contributed by atoms with Gasteiger partial charge in [-0.15, -0.1) is 0 Å². The van der Waals surface area contributed by atoms with Crippen LogP contribution in [0.3, 0.4) is 0 Å².